The Morgan fingerprint density at radius 1 is 1.31 bits per heavy atom. The van der Waals surface area contributed by atoms with Crippen molar-refractivity contribution in [3.8, 4) is 0 Å². The quantitative estimate of drug-likeness (QED) is 0.593. The second-order valence-corrected chi connectivity index (χ2v) is 4.55. The summed E-state index contributed by atoms with van der Waals surface area (Å²) < 4.78 is 5.99. The number of hydrogen-bond donors (Lipinski definition) is 0. The van der Waals surface area contributed by atoms with Gasteiger partial charge in [-0.3, -0.25) is 0 Å². The van der Waals surface area contributed by atoms with Crippen LogP contribution in [0.15, 0.2) is 11.6 Å². The Balaban J connectivity index is 2.87. The Kier molecular flexibility index (Phi) is 3.18. The molecule has 2 atom stereocenters. The molecule has 0 bridgehead atoms. The Bertz CT molecular complexity index is 203. The molecule has 0 spiro atoms. The summed E-state index contributed by atoms with van der Waals surface area (Å²) in [6, 6.07) is 0. The first kappa shape index (κ1) is 10.8. The molecule has 1 rings (SSSR count). The lowest BCUT2D eigenvalue weighted by molar-refractivity contribution is -0.0579. The van der Waals surface area contributed by atoms with Gasteiger partial charge in [-0.15, -0.1) is 0 Å². The van der Waals surface area contributed by atoms with E-state index in [1.54, 1.807) is 0 Å². The summed E-state index contributed by atoms with van der Waals surface area (Å²) in [5.41, 5.74) is 1.71. The van der Waals surface area contributed by atoms with Crippen LogP contribution < -0.4 is 0 Å². The third kappa shape index (κ3) is 1.96. The first-order chi connectivity index (χ1) is 6.02. The fourth-order valence-electron chi connectivity index (χ4n) is 1.99. The average molecular weight is 182 g/mol. The molecule has 0 aromatic carbocycles. The minimum absolute atomic E-state index is 0.223. The molecule has 1 nitrogen and oxygen atoms in total. The van der Waals surface area contributed by atoms with E-state index in [1.807, 2.05) is 0 Å². The molecule has 1 aliphatic heterocycles. The zero-order valence-corrected chi connectivity index (χ0v) is 9.55. The van der Waals surface area contributed by atoms with Crippen molar-refractivity contribution in [1.29, 1.82) is 0 Å². The Morgan fingerprint density at radius 3 is 2.38 bits per heavy atom. The minimum Gasteiger partial charge on any atom is -0.370 e. The van der Waals surface area contributed by atoms with Gasteiger partial charge in [0.2, 0.25) is 0 Å². The summed E-state index contributed by atoms with van der Waals surface area (Å²) >= 11 is 0. The van der Waals surface area contributed by atoms with E-state index in [0.717, 1.165) is 12.8 Å². The normalized spacial score (nSPS) is 32.8. The highest BCUT2D eigenvalue weighted by Gasteiger charge is 2.35. The van der Waals surface area contributed by atoms with Crippen LogP contribution in [0.4, 0.5) is 0 Å². The van der Waals surface area contributed by atoms with Crippen molar-refractivity contribution < 1.29 is 4.74 Å². The maximum atomic E-state index is 5.99. The predicted molar refractivity (Wildman–Crippen MR) is 56.8 cm³/mol. The van der Waals surface area contributed by atoms with Crippen molar-refractivity contribution in [2.45, 2.75) is 59.7 Å². The molecule has 0 fully saturated rings. The Labute approximate surface area is 82.2 Å². The molecular weight excluding hydrogens is 160 g/mol. The van der Waals surface area contributed by atoms with Gasteiger partial charge < -0.3 is 4.74 Å². The van der Waals surface area contributed by atoms with E-state index in [-0.39, 0.29) is 5.41 Å². The van der Waals surface area contributed by atoms with Crippen LogP contribution in [0.5, 0.6) is 0 Å². The standard InChI is InChI=1S/C12H22O/c1-6-10-8-9(3)12(4,5)11(7-2)13-10/h8,10-11H,6-7H2,1-5H3. The first-order valence-corrected chi connectivity index (χ1v) is 5.36. The van der Waals surface area contributed by atoms with Gasteiger partial charge in [0.15, 0.2) is 0 Å². The van der Waals surface area contributed by atoms with Crippen LogP contribution in [0.1, 0.15) is 47.5 Å². The molecule has 1 aliphatic rings. The van der Waals surface area contributed by atoms with Crippen molar-refractivity contribution in [2.24, 2.45) is 5.41 Å². The smallest absolute Gasteiger partial charge is 0.0760 e. The molecule has 13 heavy (non-hydrogen) atoms. The van der Waals surface area contributed by atoms with E-state index in [1.165, 1.54) is 5.57 Å². The monoisotopic (exact) mass is 182 g/mol. The van der Waals surface area contributed by atoms with Crippen molar-refractivity contribution in [1.82, 2.24) is 0 Å². The molecule has 76 valence electrons. The largest absolute Gasteiger partial charge is 0.370 e. The SMILES string of the molecule is CCC1C=C(C)C(C)(C)C(CC)O1. The fraction of sp³-hybridized carbons (Fsp3) is 0.833. The molecule has 1 heterocycles. The minimum atomic E-state index is 0.223. The van der Waals surface area contributed by atoms with Gasteiger partial charge in [0.25, 0.3) is 0 Å². The van der Waals surface area contributed by atoms with E-state index >= 15 is 0 Å². The van der Waals surface area contributed by atoms with Gasteiger partial charge in [0.05, 0.1) is 12.2 Å². The third-order valence-electron chi connectivity index (χ3n) is 3.37. The Hall–Kier alpha value is -0.300. The van der Waals surface area contributed by atoms with Crippen molar-refractivity contribution in [3.05, 3.63) is 11.6 Å². The van der Waals surface area contributed by atoms with Crippen molar-refractivity contribution in [2.75, 3.05) is 0 Å². The Morgan fingerprint density at radius 2 is 1.92 bits per heavy atom. The van der Waals surface area contributed by atoms with Gasteiger partial charge in [-0.1, -0.05) is 39.3 Å². The van der Waals surface area contributed by atoms with E-state index in [2.05, 4.69) is 40.7 Å². The van der Waals surface area contributed by atoms with E-state index in [0.29, 0.717) is 12.2 Å². The number of rotatable bonds is 2. The zero-order valence-electron chi connectivity index (χ0n) is 9.55. The van der Waals surface area contributed by atoms with E-state index < -0.39 is 0 Å². The lowest BCUT2D eigenvalue weighted by atomic mass is 9.76. The van der Waals surface area contributed by atoms with Gasteiger partial charge in [0, 0.05) is 5.41 Å². The summed E-state index contributed by atoms with van der Waals surface area (Å²) in [6.45, 7) is 11.2. The van der Waals surface area contributed by atoms with Crippen LogP contribution >= 0.6 is 0 Å². The van der Waals surface area contributed by atoms with Crippen molar-refractivity contribution in [3.63, 3.8) is 0 Å². The van der Waals surface area contributed by atoms with Crippen molar-refractivity contribution >= 4 is 0 Å². The van der Waals surface area contributed by atoms with E-state index in [4.69, 9.17) is 4.74 Å². The van der Waals surface area contributed by atoms with Gasteiger partial charge in [-0.2, -0.15) is 0 Å². The maximum absolute atomic E-state index is 5.99. The van der Waals surface area contributed by atoms with Crippen LogP contribution in [0.2, 0.25) is 0 Å². The highest BCUT2D eigenvalue weighted by molar-refractivity contribution is 5.17. The summed E-state index contributed by atoms with van der Waals surface area (Å²) in [5, 5.41) is 0. The molecule has 1 heteroatoms. The molecule has 0 saturated heterocycles. The van der Waals surface area contributed by atoms with Crippen LogP contribution in [0.3, 0.4) is 0 Å². The van der Waals surface area contributed by atoms with Gasteiger partial charge in [-0.25, -0.2) is 0 Å². The average Bonchev–Trinajstić information content (AvgIpc) is 2.09. The third-order valence-corrected chi connectivity index (χ3v) is 3.37. The molecule has 0 aromatic heterocycles. The molecule has 0 aliphatic carbocycles. The zero-order chi connectivity index (χ0) is 10.1. The van der Waals surface area contributed by atoms with Gasteiger partial charge >= 0.3 is 0 Å². The number of hydrogen-bond acceptors (Lipinski definition) is 1. The molecule has 0 radical (unpaired) electrons. The molecule has 0 aromatic rings. The summed E-state index contributed by atoms with van der Waals surface area (Å²) in [4.78, 5) is 0. The van der Waals surface area contributed by atoms with Crippen LogP contribution in [0.25, 0.3) is 0 Å². The summed E-state index contributed by atoms with van der Waals surface area (Å²) in [6.07, 6.45) is 5.21. The second-order valence-electron chi connectivity index (χ2n) is 4.55. The maximum Gasteiger partial charge on any atom is 0.0760 e. The van der Waals surface area contributed by atoms with Gasteiger partial charge in [-0.05, 0) is 19.8 Å². The van der Waals surface area contributed by atoms with Crippen LogP contribution in [0, 0.1) is 5.41 Å². The highest BCUT2D eigenvalue weighted by Crippen LogP contribution is 2.38. The van der Waals surface area contributed by atoms with E-state index in [9.17, 15) is 0 Å². The van der Waals surface area contributed by atoms with Crippen LogP contribution in [-0.4, -0.2) is 12.2 Å². The summed E-state index contributed by atoms with van der Waals surface area (Å²) in [5.74, 6) is 0. The van der Waals surface area contributed by atoms with Gasteiger partial charge in [0.1, 0.15) is 0 Å². The molecule has 0 amide bonds. The molecular formula is C12H22O. The number of ether oxygens (including phenoxy) is 1. The molecule has 2 unspecified atom stereocenters. The lowest BCUT2D eigenvalue weighted by Gasteiger charge is -2.41. The predicted octanol–water partition coefficient (Wildman–Crippen LogP) is 3.55. The highest BCUT2D eigenvalue weighted by atomic mass is 16.5. The second kappa shape index (κ2) is 3.83. The first-order valence-electron chi connectivity index (χ1n) is 5.36. The summed E-state index contributed by atoms with van der Waals surface area (Å²) in [7, 11) is 0. The van der Waals surface area contributed by atoms with Crippen LogP contribution in [-0.2, 0) is 4.74 Å². The topological polar surface area (TPSA) is 9.23 Å². The molecule has 0 N–H and O–H groups in total. The lowest BCUT2D eigenvalue weighted by Crippen LogP contribution is -2.39. The molecule has 0 saturated carbocycles. The fourth-order valence-corrected chi connectivity index (χ4v) is 1.99.